The van der Waals surface area contributed by atoms with Gasteiger partial charge in [0.25, 0.3) is 0 Å². The molecule has 1 N–H and O–H groups in total. The van der Waals surface area contributed by atoms with Crippen molar-refractivity contribution in [1.29, 1.82) is 0 Å². The largest absolute Gasteiger partial charge is 0.493 e. The van der Waals surface area contributed by atoms with E-state index in [-0.39, 0.29) is 11.5 Å². The van der Waals surface area contributed by atoms with Crippen molar-refractivity contribution in [2.75, 3.05) is 6.61 Å². The van der Waals surface area contributed by atoms with Crippen LogP contribution in [0.4, 0.5) is 0 Å². The highest BCUT2D eigenvalue weighted by Gasteiger charge is 2.25. The molecule has 0 amide bonds. The third kappa shape index (κ3) is 2.86. The fourth-order valence-corrected chi connectivity index (χ4v) is 2.33. The molecule has 0 bridgehead atoms. The van der Waals surface area contributed by atoms with Crippen LogP contribution in [0.2, 0.25) is 0 Å². The molecule has 100 valence electrons. The zero-order valence-corrected chi connectivity index (χ0v) is 11.7. The van der Waals surface area contributed by atoms with E-state index in [0.29, 0.717) is 0 Å². The molecule has 1 atom stereocenters. The first kappa shape index (κ1) is 13.4. The van der Waals surface area contributed by atoms with Gasteiger partial charge in [0.05, 0.1) is 12.7 Å². The SMILES string of the molecule is CCC(C)(C)C(O)CCc1ccc2c(c1)CCO2. The lowest BCUT2D eigenvalue weighted by Crippen LogP contribution is -2.28. The van der Waals surface area contributed by atoms with E-state index in [1.807, 2.05) is 0 Å². The minimum Gasteiger partial charge on any atom is -0.493 e. The first-order valence-corrected chi connectivity index (χ1v) is 6.95. The average Bonchev–Trinajstić information content (AvgIpc) is 2.83. The Morgan fingerprint density at radius 2 is 2.17 bits per heavy atom. The topological polar surface area (TPSA) is 29.5 Å². The third-order valence-corrected chi connectivity index (χ3v) is 4.27. The first-order chi connectivity index (χ1) is 8.53. The number of aliphatic hydroxyl groups is 1. The van der Waals surface area contributed by atoms with Gasteiger partial charge in [-0.1, -0.05) is 32.9 Å². The molecular weight excluding hydrogens is 224 g/mol. The molecule has 1 aliphatic heterocycles. The Labute approximate surface area is 110 Å². The maximum absolute atomic E-state index is 10.2. The summed E-state index contributed by atoms with van der Waals surface area (Å²) in [6, 6.07) is 6.42. The van der Waals surface area contributed by atoms with E-state index in [0.717, 1.165) is 38.0 Å². The molecule has 2 rings (SSSR count). The van der Waals surface area contributed by atoms with Crippen LogP contribution in [-0.2, 0) is 12.8 Å². The van der Waals surface area contributed by atoms with Crippen molar-refractivity contribution in [3.63, 3.8) is 0 Å². The molecule has 0 radical (unpaired) electrons. The second-order valence-electron chi connectivity index (χ2n) is 5.94. The lowest BCUT2D eigenvalue weighted by atomic mass is 9.81. The van der Waals surface area contributed by atoms with Crippen molar-refractivity contribution < 1.29 is 9.84 Å². The van der Waals surface area contributed by atoms with Crippen LogP contribution in [0.3, 0.4) is 0 Å². The first-order valence-electron chi connectivity index (χ1n) is 6.95. The van der Waals surface area contributed by atoms with E-state index in [2.05, 4.69) is 39.0 Å². The molecule has 2 heteroatoms. The summed E-state index contributed by atoms with van der Waals surface area (Å²) in [6.45, 7) is 7.21. The van der Waals surface area contributed by atoms with Crippen LogP contribution in [0, 0.1) is 5.41 Å². The maximum atomic E-state index is 10.2. The Morgan fingerprint density at radius 1 is 1.39 bits per heavy atom. The van der Waals surface area contributed by atoms with Crippen molar-refractivity contribution in [2.45, 2.75) is 52.6 Å². The van der Waals surface area contributed by atoms with Gasteiger partial charge in [0, 0.05) is 6.42 Å². The summed E-state index contributed by atoms with van der Waals surface area (Å²) in [5, 5.41) is 10.2. The van der Waals surface area contributed by atoms with Crippen LogP contribution in [0.1, 0.15) is 44.7 Å². The van der Waals surface area contributed by atoms with Crippen LogP contribution in [0.15, 0.2) is 18.2 Å². The fourth-order valence-electron chi connectivity index (χ4n) is 2.33. The number of hydrogen-bond acceptors (Lipinski definition) is 2. The standard InChI is InChI=1S/C16H24O2/c1-4-16(2,3)15(17)8-6-12-5-7-14-13(11-12)9-10-18-14/h5,7,11,15,17H,4,6,8-10H2,1-3H3. The summed E-state index contributed by atoms with van der Waals surface area (Å²) in [5.74, 6) is 1.04. The molecule has 1 aromatic rings. The molecule has 0 spiro atoms. The molecule has 0 fully saturated rings. The summed E-state index contributed by atoms with van der Waals surface area (Å²) in [5.41, 5.74) is 2.64. The van der Waals surface area contributed by atoms with Crippen LogP contribution in [0.25, 0.3) is 0 Å². The number of aryl methyl sites for hydroxylation is 1. The van der Waals surface area contributed by atoms with Crippen LogP contribution in [-0.4, -0.2) is 17.8 Å². The second-order valence-corrected chi connectivity index (χ2v) is 5.94. The summed E-state index contributed by atoms with van der Waals surface area (Å²) in [4.78, 5) is 0. The van der Waals surface area contributed by atoms with Crippen LogP contribution < -0.4 is 4.74 Å². The molecule has 0 saturated carbocycles. The second kappa shape index (κ2) is 5.31. The summed E-state index contributed by atoms with van der Waals surface area (Å²) < 4.78 is 5.50. The van der Waals surface area contributed by atoms with Crippen molar-refractivity contribution in [2.24, 2.45) is 5.41 Å². The Morgan fingerprint density at radius 3 is 2.89 bits per heavy atom. The van der Waals surface area contributed by atoms with Crippen LogP contribution >= 0.6 is 0 Å². The normalized spacial score (nSPS) is 16.2. The molecule has 1 aromatic carbocycles. The minimum absolute atomic E-state index is 0.0137. The van der Waals surface area contributed by atoms with Gasteiger partial charge in [-0.3, -0.25) is 0 Å². The van der Waals surface area contributed by atoms with Crippen LogP contribution in [0.5, 0.6) is 5.75 Å². The predicted molar refractivity (Wildman–Crippen MR) is 74.0 cm³/mol. The zero-order valence-electron chi connectivity index (χ0n) is 11.7. The summed E-state index contributed by atoms with van der Waals surface area (Å²) in [6.07, 6.45) is 3.57. The molecule has 1 heterocycles. The Hall–Kier alpha value is -1.02. The smallest absolute Gasteiger partial charge is 0.122 e. The van der Waals surface area contributed by atoms with E-state index in [1.165, 1.54) is 11.1 Å². The van der Waals surface area contributed by atoms with Gasteiger partial charge in [-0.2, -0.15) is 0 Å². The molecule has 18 heavy (non-hydrogen) atoms. The highest BCUT2D eigenvalue weighted by atomic mass is 16.5. The third-order valence-electron chi connectivity index (χ3n) is 4.27. The van der Waals surface area contributed by atoms with Gasteiger partial charge in [0.15, 0.2) is 0 Å². The lowest BCUT2D eigenvalue weighted by Gasteiger charge is -2.29. The number of fused-ring (bicyclic) bond motifs is 1. The van der Waals surface area contributed by atoms with E-state index in [4.69, 9.17) is 4.74 Å². The van der Waals surface area contributed by atoms with Gasteiger partial charge < -0.3 is 9.84 Å². The predicted octanol–water partition coefficient (Wildman–Crippen LogP) is 3.35. The Kier molecular flexibility index (Phi) is 3.96. The Bertz CT molecular complexity index is 410. The van der Waals surface area contributed by atoms with Gasteiger partial charge in [-0.05, 0) is 41.9 Å². The van der Waals surface area contributed by atoms with Gasteiger partial charge >= 0.3 is 0 Å². The molecule has 1 aliphatic rings. The molecule has 0 aliphatic carbocycles. The molecule has 0 saturated heterocycles. The van der Waals surface area contributed by atoms with Crippen molar-refractivity contribution in [1.82, 2.24) is 0 Å². The van der Waals surface area contributed by atoms with E-state index in [9.17, 15) is 5.11 Å². The van der Waals surface area contributed by atoms with E-state index >= 15 is 0 Å². The molecule has 2 nitrogen and oxygen atoms in total. The fraction of sp³-hybridized carbons (Fsp3) is 0.625. The van der Waals surface area contributed by atoms with Crippen molar-refractivity contribution >= 4 is 0 Å². The van der Waals surface area contributed by atoms with Gasteiger partial charge in [-0.25, -0.2) is 0 Å². The lowest BCUT2D eigenvalue weighted by molar-refractivity contribution is 0.0408. The van der Waals surface area contributed by atoms with E-state index < -0.39 is 0 Å². The van der Waals surface area contributed by atoms with Crippen molar-refractivity contribution in [3.05, 3.63) is 29.3 Å². The van der Waals surface area contributed by atoms with Gasteiger partial charge in [0.2, 0.25) is 0 Å². The highest BCUT2D eigenvalue weighted by molar-refractivity contribution is 5.39. The highest BCUT2D eigenvalue weighted by Crippen LogP contribution is 2.29. The monoisotopic (exact) mass is 248 g/mol. The van der Waals surface area contributed by atoms with Crippen molar-refractivity contribution in [3.8, 4) is 5.75 Å². The quantitative estimate of drug-likeness (QED) is 0.866. The average molecular weight is 248 g/mol. The van der Waals surface area contributed by atoms with Gasteiger partial charge in [0.1, 0.15) is 5.75 Å². The number of ether oxygens (including phenoxy) is 1. The number of aliphatic hydroxyl groups excluding tert-OH is 1. The van der Waals surface area contributed by atoms with E-state index in [1.54, 1.807) is 0 Å². The molecule has 1 unspecified atom stereocenters. The zero-order chi connectivity index (χ0) is 13.2. The summed E-state index contributed by atoms with van der Waals surface area (Å²) >= 11 is 0. The maximum Gasteiger partial charge on any atom is 0.122 e. The number of rotatable bonds is 5. The number of hydrogen-bond donors (Lipinski definition) is 1. The molecule has 0 aromatic heterocycles. The van der Waals surface area contributed by atoms with Gasteiger partial charge in [-0.15, -0.1) is 0 Å². The molecular formula is C16H24O2. The Balaban J connectivity index is 1.94. The minimum atomic E-state index is -0.230. The number of benzene rings is 1. The summed E-state index contributed by atoms with van der Waals surface area (Å²) in [7, 11) is 0.